The number of anilines is 1. The van der Waals surface area contributed by atoms with E-state index in [1.165, 1.54) is 5.56 Å². The Morgan fingerprint density at radius 1 is 1.24 bits per heavy atom. The lowest BCUT2D eigenvalue weighted by molar-refractivity contribution is 0.168. The molecule has 4 nitrogen and oxygen atoms in total. The van der Waals surface area contributed by atoms with E-state index in [4.69, 9.17) is 9.47 Å². The SMILES string of the molecule is C=Cc1cccc(COc2ccc(CC)cc2C)c1NC(=O)OCC. The van der Waals surface area contributed by atoms with Gasteiger partial charge in [-0.3, -0.25) is 5.32 Å². The number of carbonyl (C=O) groups excluding carboxylic acids is 1. The molecule has 132 valence electrons. The molecular weight excluding hydrogens is 314 g/mol. The maximum absolute atomic E-state index is 11.8. The van der Waals surface area contributed by atoms with Crippen LogP contribution in [0.2, 0.25) is 0 Å². The summed E-state index contributed by atoms with van der Waals surface area (Å²) in [4.78, 5) is 11.8. The number of hydrogen-bond donors (Lipinski definition) is 1. The zero-order valence-corrected chi connectivity index (χ0v) is 15.1. The van der Waals surface area contributed by atoms with Gasteiger partial charge < -0.3 is 9.47 Å². The number of rotatable bonds is 7. The summed E-state index contributed by atoms with van der Waals surface area (Å²) in [7, 11) is 0. The fraction of sp³-hybridized carbons (Fsp3) is 0.286. The third-order valence-electron chi connectivity index (χ3n) is 3.94. The van der Waals surface area contributed by atoms with E-state index in [1.54, 1.807) is 13.0 Å². The molecule has 0 fully saturated rings. The van der Waals surface area contributed by atoms with Gasteiger partial charge in [0.25, 0.3) is 0 Å². The fourth-order valence-corrected chi connectivity index (χ4v) is 2.58. The van der Waals surface area contributed by atoms with Crippen LogP contribution in [0.15, 0.2) is 43.0 Å². The number of ether oxygens (including phenoxy) is 2. The monoisotopic (exact) mass is 339 g/mol. The van der Waals surface area contributed by atoms with Gasteiger partial charge in [-0.1, -0.05) is 49.9 Å². The summed E-state index contributed by atoms with van der Waals surface area (Å²) in [6, 6.07) is 11.9. The van der Waals surface area contributed by atoms with Crippen molar-refractivity contribution < 1.29 is 14.3 Å². The highest BCUT2D eigenvalue weighted by Crippen LogP contribution is 2.26. The van der Waals surface area contributed by atoms with Crippen LogP contribution in [0, 0.1) is 6.92 Å². The Labute approximate surface area is 149 Å². The molecule has 0 bridgehead atoms. The zero-order chi connectivity index (χ0) is 18.2. The van der Waals surface area contributed by atoms with Crippen molar-refractivity contribution in [1.29, 1.82) is 0 Å². The van der Waals surface area contributed by atoms with Crippen molar-refractivity contribution in [2.24, 2.45) is 0 Å². The largest absolute Gasteiger partial charge is 0.489 e. The second-order valence-corrected chi connectivity index (χ2v) is 5.67. The molecule has 0 aliphatic rings. The maximum atomic E-state index is 11.8. The third-order valence-corrected chi connectivity index (χ3v) is 3.94. The van der Waals surface area contributed by atoms with Gasteiger partial charge in [0.05, 0.1) is 12.3 Å². The maximum Gasteiger partial charge on any atom is 0.411 e. The summed E-state index contributed by atoms with van der Waals surface area (Å²) in [5, 5.41) is 2.79. The molecule has 0 radical (unpaired) electrons. The number of amides is 1. The highest BCUT2D eigenvalue weighted by Gasteiger charge is 2.12. The number of aryl methyl sites for hydroxylation is 2. The minimum Gasteiger partial charge on any atom is -0.489 e. The lowest BCUT2D eigenvalue weighted by atomic mass is 10.1. The van der Waals surface area contributed by atoms with Gasteiger partial charge in [-0.15, -0.1) is 0 Å². The molecule has 0 aromatic heterocycles. The second-order valence-electron chi connectivity index (χ2n) is 5.67. The fourth-order valence-electron chi connectivity index (χ4n) is 2.58. The highest BCUT2D eigenvalue weighted by molar-refractivity contribution is 5.89. The van der Waals surface area contributed by atoms with Crippen molar-refractivity contribution in [3.8, 4) is 5.75 Å². The standard InChI is InChI=1S/C21H25NO3/c1-5-16-11-12-19(15(4)13-16)25-14-18-10-8-9-17(6-2)20(18)22-21(23)24-7-3/h6,8-13H,2,5,7,14H2,1,3-4H3,(H,22,23). The molecule has 0 heterocycles. The molecule has 0 aliphatic carbocycles. The van der Waals surface area contributed by atoms with Gasteiger partial charge in [-0.25, -0.2) is 4.79 Å². The van der Waals surface area contributed by atoms with Crippen LogP contribution in [-0.4, -0.2) is 12.7 Å². The topological polar surface area (TPSA) is 47.6 Å². The summed E-state index contributed by atoms with van der Waals surface area (Å²) in [5.74, 6) is 0.836. The van der Waals surface area contributed by atoms with Crippen LogP contribution in [0.4, 0.5) is 10.5 Å². The molecule has 1 amide bonds. The predicted molar refractivity (Wildman–Crippen MR) is 102 cm³/mol. The molecule has 2 rings (SSSR count). The first kappa shape index (κ1) is 18.6. The molecule has 2 aromatic carbocycles. The van der Waals surface area contributed by atoms with Crippen LogP contribution in [0.5, 0.6) is 5.75 Å². The molecule has 4 heteroatoms. The number of para-hydroxylation sites is 1. The number of hydrogen-bond acceptors (Lipinski definition) is 3. The molecule has 0 aliphatic heterocycles. The molecule has 0 unspecified atom stereocenters. The van der Waals surface area contributed by atoms with Crippen LogP contribution in [0.25, 0.3) is 6.08 Å². The summed E-state index contributed by atoms with van der Waals surface area (Å²) < 4.78 is 11.0. The lowest BCUT2D eigenvalue weighted by Gasteiger charge is -2.16. The Bertz CT molecular complexity index is 753. The van der Waals surface area contributed by atoms with E-state index in [2.05, 4.69) is 31.0 Å². The molecular formula is C21H25NO3. The Kier molecular flexibility index (Phi) is 6.63. The summed E-state index contributed by atoms with van der Waals surface area (Å²) in [6.07, 6.45) is 2.21. The average molecular weight is 339 g/mol. The van der Waals surface area contributed by atoms with Crippen molar-refractivity contribution in [2.45, 2.75) is 33.8 Å². The average Bonchev–Trinajstić information content (AvgIpc) is 2.61. The van der Waals surface area contributed by atoms with E-state index in [0.717, 1.165) is 28.9 Å². The Morgan fingerprint density at radius 2 is 2.04 bits per heavy atom. The van der Waals surface area contributed by atoms with Crippen molar-refractivity contribution in [3.63, 3.8) is 0 Å². The van der Waals surface area contributed by atoms with Crippen molar-refractivity contribution in [2.75, 3.05) is 11.9 Å². The van der Waals surface area contributed by atoms with Crippen LogP contribution < -0.4 is 10.1 Å². The van der Waals surface area contributed by atoms with Crippen LogP contribution in [-0.2, 0) is 17.8 Å². The number of nitrogens with one attached hydrogen (secondary N) is 1. The Morgan fingerprint density at radius 3 is 2.68 bits per heavy atom. The summed E-state index contributed by atoms with van der Waals surface area (Å²) in [5.41, 5.74) is 4.73. The van der Waals surface area contributed by atoms with Gasteiger partial charge in [-0.2, -0.15) is 0 Å². The van der Waals surface area contributed by atoms with Gasteiger partial charge in [-0.05, 0) is 43.0 Å². The van der Waals surface area contributed by atoms with Gasteiger partial charge in [0, 0.05) is 5.56 Å². The van der Waals surface area contributed by atoms with Gasteiger partial charge in [0.15, 0.2) is 0 Å². The van der Waals surface area contributed by atoms with E-state index in [-0.39, 0.29) is 0 Å². The normalized spacial score (nSPS) is 10.2. The van der Waals surface area contributed by atoms with Crippen molar-refractivity contribution >= 4 is 17.9 Å². The third kappa shape index (κ3) is 4.86. The first-order valence-electron chi connectivity index (χ1n) is 8.49. The number of carbonyl (C=O) groups is 1. The van der Waals surface area contributed by atoms with E-state index in [1.807, 2.05) is 31.2 Å². The zero-order valence-electron chi connectivity index (χ0n) is 15.1. The van der Waals surface area contributed by atoms with E-state index >= 15 is 0 Å². The molecule has 0 spiro atoms. The summed E-state index contributed by atoms with van der Waals surface area (Å²) in [6.45, 7) is 10.4. The smallest absolute Gasteiger partial charge is 0.411 e. The molecule has 0 saturated carbocycles. The summed E-state index contributed by atoms with van der Waals surface area (Å²) >= 11 is 0. The Hall–Kier alpha value is -2.75. The molecule has 25 heavy (non-hydrogen) atoms. The quantitative estimate of drug-likeness (QED) is 0.740. The van der Waals surface area contributed by atoms with Crippen LogP contribution in [0.3, 0.4) is 0 Å². The van der Waals surface area contributed by atoms with E-state index in [9.17, 15) is 4.79 Å². The molecule has 1 N–H and O–H groups in total. The minimum atomic E-state index is -0.485. The van der Waals surface area contributed by atoms with Gasteiger partial charge in [0.1, 0.15) is 12.4 Å². The molecule has 0 saturated heterocycles. The highest BCUT2D eigenvalue weighted by atomic mass is 16.5. The second kappa shape index (κ2) is 8.92. The van der Waals surface area contributed by atoms with E-state index < -0.39 is 6.09 Å². The number of benzene rings is 2. The minimum absolute atomic E-state index is 0.316. The Balaban J connectivity index is 2.21. The molecule has 0 atom stereocenters. The van der Waals surface area contributed by atoms with E-state index in [0.29, 0.717) is 18.9 Å². The van der Waals surface area contributed by atoms with Crippen LogP contribution in [0.1, 0.15) is 36.1 Å². The van der Waals surface area contributed by atoms with Gasteiger partial charge in [0.2, 0.25) is 0 Å². The van der Waals surface area contributed by atoms with Crippen molar-refractivity contribution in [3.05, 3.63) is 65.2 Å². The van der Waals surface area contributed by atoms with Crippen molar-refractivity contribution in [1.82, 2.24) is 0 Å². The first-order valence-corrected chi connectivity index (χ1v) is 8.49. The predicted octanol–water partition coefficient (Wildman–Crippen LogP) is 5.35. The molecule has 2 aromatic rings. The first-order chi connectivity index (χ1) is 12.1. The lowest BCUT2D eigenvalue weighted by Crippen LogP contribution is -2.16. The van der Waals surface area contributed by atoms with Crippen LogP contribution >= 0.6 is 0 Å². The van der Waals surface area contributed by atoms with Gasteiger partial charge >= 0.3 is 6.09 Å².